The number of nitro groups is 1. The van der Waals surface area contributed by atoms with Crippen LogP contribution < -0.4 is 5.32 Å². The van der Waals surface area contributed by atoms with Crippen molar-refractivity contribution < 1.29 is 4.92 Å². The number of nitrogens with zero attached hydrogens (tertiary/aromatic N) is 1. The molecule has 0 unspecified atom stereocenters. The third kappa shape index (κ3) is 3.10. The Hall–Kier alpha value is -2.36. The van der Waals surface area contributed by atoms with E-state index in [2.05, 4.69) is 5.32 Å². The molecule has 0 aliphatic heterocycles. The lowest BCUT2D eigenvalue weighted by atomic mass is 10.1. The Bertz CT molecular complexity index is 595. The van der Waals surface area contributed by atoms with Crippen molar-refractivity contribution in [3.8, 4) is 0 Å². The molecule has 0 bridgehead atoms. The molecule has 0 heterocycles. The summed E-state index contributed by atoms with van der Waals surface area (Å²) in [5, 5.41) is 14.2. The van der Waals surface area contributed by atoms with Gasteiger partial charge in [-0.15, -0.1) is 0 Å². The topological polar surface area (TPSA) is 55.2 Å². The van der Waals surface area contributed by atoms with E-state index in [1.54, 1.807) is 13.0 Å². The van der Waals surface area contributed by atoms with E-state index in [0.717, 1.165) is 16.8 Å². The van der Waals surface area contributed by atoms with Crippen LogP contribution in [0.25, 0.3) is 0 Å². The second-order valence-electron chi connectivity index (χ2n) is 4.55. The molecule has 0 aliphatic rings. The molecule has 98 valence electrons. The molecule has 0 saturated heterocycles. The summed E-state index contributed by atoms with van der Waals surface area (Å²) in [6.45, 7) is 4.36. The summed E-state index contributed by atoms with van der Waals surface area (Å²) in [4.78, 5) is 10.6. The molecule has 2 aromatic carbocycles. The van der Waals surface area contributed by atoms with E-state index in [9.17, 15) is 10.1 Å². The number of nitrogens with one attached hydrogen (secondary N) is 1. The van der Waals surface area contributed by atoms with Crippen LogP contribution in [-0.4, -0.2) is 4.92 Å². The maximum absolute atomic E-state index is 10.9. The zero-order valence-electron chi connectivity index (χ0n) is 11.0. The Morgan fingerprint density at radius 2 is 1.79 bits per heavy atom. The van der Waals surface area contributed by atoms with Gasteiger partial charge in [0.2, 0.25) is 0 Å². The number of hydrogen-bond donors (Lipinski definition) is 1. The van der Waals surface area contributed by atoms with Crippen LogP contribution in [-0.2, 0) is 6.54 Å². The zero-order chi connectivity index (χ0) is 13.8. The summed E-state index contributed by atoms with van der Waals surface area (Å²) < 4.78 is 0. The fraction of sp³-hybridized carbons (Fsp3) is 0.200. The van der Waals surface area contributed by atoms with Gasteiger partial charge in [0.15, 0.2) is 0 Å². The largest absolute Gasteiger partial charge is 0.381 e. The second kappa shape index (κ2) is 5.52. The summed E-state index contributed by atoms with van der Waals surface area (Å²) in [5.74, 6) is 0. The molecule has 0 radical (unpaired) electrons. The average molecular weight is 256 g/mol. The predicted molar refractivity (Wildman–Crippen MR) is 76.3 cm³/mol. The average Bonchev–Trinajstić information content (AvgIpc) is 2.38. The fourth-order valence-electron chi connectivity index (χ4n) is 2.02. The van der Waals surface area contributed by atoms with Crippen LogP contribution in [0.3, 0.4) is 0 Å². The van der Waals surface area contributed by atoms with E-state index in [1.807, 2.05) is 43.3 Å². The van der Waals surface area contributed by atoms with Crippen LogP contribution in [0, 0.1) is 24.0 Å². The standard InChI is InChI=1S/C15H16N2O2/c1-11-8-12(2)15(17(18)19)9-14(11)16-10-13-6-4-3-5-7-13/h3-9,16H,10H2,1-2H3. The molecule has 0 atom stereocenters. The first kappa shape index (κ1) is 13.1. The van der Waals surface area contributed by atoms with E-state index in [0.29, 0.717) is 12.1 Å². The van der Waals surface area contributed by atoms with Crippen LogP contribution in [0.5, 0.6) is 0 Å². The Morgan fingerprint density at radius 1 is 1.11 bits per heavy atom. The van der Waals surface area contributed by atoms with Gasteiger partial charge in [0.1, 0.15) is 0 Å². The monoisotopic (exact) mass is 256 g/mol. The molecule has 2 rings (SSSR count). The van der Waals surface area contributed by atoms with E-state index in [-0.39, 0.29) is 10.6 Å². The van der Waals surface area contributed by atoms with E-state index < -0.39 is 0 Å². The first-order chi connectivity index (χ1) is 9.08. The molecule has 0 spiro atoms. The number of anilines is 1. The van der Waals surface area contributed by atoms with Gasteiger partial charge in [-0.25, -0.2) is 0 Å². The van der Waals surface area contributed by atoms with Gasteiger partial charge in [-0.1, -0.05) is 30.3 Å². The maximum atomic E-state index is 10.9. The fourth-order valence-corrected chi connectivity index (χ4v) is 2.02. The number of aryl methyl sites for hydroxylation is 2. The predicted octanol–water partition coefficient (Wildman–Crippen LogP) is 3.82. The maximum Gasteiger partial charge on any atom is 0.274 e. The molecule has 1 N–H and O–H groups in total. The van der Waals surface area contributed by atoms with Crippen molar-refractivity contribution in [1.82, 2.24) is 0 Å². The lowest BCUT2D eigenvalue weighted by Crippen LogP contribution is -2.02. The quantitative estimate of drug-likeness (QED) is 0.668. The number of rotatable bonds is 4. The summed E-state index contributed by atoms with van der Waals surface area (Å²) in [6.07, 6.45) is 0. The highest BCUT2D eigenvalue weighted by Gasteiger charge is 2.13. The van der Waals surface area contributed by atoms with Crippen molar-refractivity contribution in [2.24, 2.45) is 0 Å². The zero-order valence-corrected chi connectivity index (χ0v) is 11.0. The first-order valence-electron chi connectivity index (χ1n) is 6.11. The van der Waals surface area contributed by atoms with Crippen molar-refractivity contribution >= 4 is 11.4 Å². The molecule has 0 aliphatic carbocycles. The molecule has 19 heavy (non-hydrogen) atoms. The van der Waals surface area contributed by atoms with E-state index in [4.69, 9.17) is 0 Å². The van der Waals surface area contributed by atoms with Gasteiger partial charge in [0.05, 0.1) is 4.92 Å². The van der Waals surface area contributed by atoms with Crippen LogP contribution >= 0.6 is 0 Å². The van der Waals surface area contributed by atoms with Gasteiger partial charge in [0.25, 0.3) is 5.69 Å². The normalized spacial score (nSPS) is 10.2. The Morgan fingerprint density at radius 3 is 2.42 bits per heavy atom. The molecule has 4 nitrogen and oxygen atoms in total. The first-order valence-corrected chi connectivity index (χ1v) is 6.11. The molecule has 4 heteroatoms. The van der Waals surface area contributed by atoms with Gasteiger partial charge in [-0.3, -0.25) is 10.1 Å². The van der Waals surface area contributed by atoms with Crippen LogP contribution in [0.4, 0.5) is 11.4 Å². The van der Waals surface area contributed by atoms with E-state index >= 15 is 0 Å². The van der Waals surface area contributed by atoms with Crippen LogP contribution in [0.15, 0.2) is 42.5 Å². The smallest absolute Gasteiger partial charge is 0.274 e. The Balaban J connectivity index is 2.21. The summed E-state index contributed by atoms with van der Waals surface area (Å²) in [6, 6.07) is 13.4. The van der Waals surface area contributed by atoms with Gasteiger partial charge < -0.3 is 5.32 Å². The molecular weight excluding hydrogens is 240 g/mol. The van der Waals surface area contributed by atoms with Crippen LogP contribution in [0.2, 0.25) is 0 Å². The van der Waals surface area contributed by atoms with Gasteiger partial charge in [0, 0.05) is 23.9 Å². The molecular formula is C15H16N2O2. The highest BCUT2D eigenvalue weighted by atomic mass is 16.6. The summed E-state index contributed by atoms with van der Waals surface area (Å²) in [7, 11) is 0. The van der Waals surface area contributed by atoms with Crippen LogP contribution in [0.1, 0.15) is 16.7 Å². The molecule has 0 aromatic heterocycles. The SMILES string of the molecule is Cc1cc(C)c([N+](=O)[O-])cc1NCc1ccccc1. The van der Waals surface area contributed by atoms with Crippen molar-refractivity contribution in [2.75, 3.05) is 5.32 Å². The minimum Gasteiger partial charge on any atom is -0.381 e. The van der Waals surface area contributed by atoms with Crippen molar-refractivity contribution in [3.05, 3.63) is 69.3 Å². The number of hydrogen-bond acceptors (Lipinski definition) is 3. The lowest BCUT2D eigenvalue weighted by Gasteiger charge is -2.10. The van der Waals surface area contributed by atoms with E-state index in [1.165, 1.54) is 0 Å². The van der Waals surface area contributed by atoms with Crippen molar-refractivity contribution in [2.45, 2.75) is 20.4 Å². The van der Waals surface area contributed by atoms with Crippen molar-refractivity contribution in [1.29, 1.82) is 0 Å². The minimum atomic E-state index is -0.345. The Kier molecular flexibility index (Phi) is 3.80. The minimum absolute atomic E-state index is 0.154. The molecule has 2 aromatic rings. The summed E-state index contributed by atoms with van der Waals surface area (Å²) in [5.41, 5.74) is 3.80. The highest BCUT2D eigenvalue weighted by Crippen LogP contribution is 2.26. The van der Waals surface area contributed by atoms with Gasteiger partial charge >= 0.3 is 0 Å². The second-order valence-corrected chi connectivity index (χ2v) is 4.55. The summed E-state index contributed by atoms with van der Waals surface area (Å²) >= 11 is 0. The molecule has 0 saturated carbocycles. The Labute approximate surface area is 112 Å². The number of nitro benzene ring substituents is 1. The van der Waals surface area contributed by atoms with Gasteiger partial charge in [-0.2, -0.15) is 0 Å². The third-order valence-corrected chi connectivity index (χ3v) is 3.07. The van der Waals surface area contributed by atoms with Gasteiger partial charge in [-0.05, 0) is 31.0 Å². The third-order valence-electron chi connectivity index (χ3n) is 3.07. The number of benzene rings is 2. The highest BCUT2D eigenvalue weighted by molar-refractivity contribution is 5.60. The van der Waals surface area contributed by atoms with Crippen molar-refractivity contribution in [3.63, 3.8) is 0 Å². The molecule has 0 amide bonds. The molecule has 0 fully saturated rings. The lowest BCUT2D eigenvalue weighted by molar-refractivity contribution is -0.385.